The Morgan fingerprint density at radius 2 is 1.94 bits per heavy atom. The zero-order chi connectivity index (χ0) is 12.8. The summed E-state index contributed by atoms with van der Waals surface area (Å²) in [6.07, 6.45) is 2.05. The van der Waals surface area contributed by atoms with Crippen LogP contribution in [0, 0.1) is 5.92 Å². The van der Waals surface area contributed by atoms with Crippen molar-refractivity contribution in [3.05, 3.63) is 0 Å². The third-order valence-electron chi connectivity index (χ3n) is 2.58. The molecule has 6 heteroatoms. The van der Waals surface area contributed by atoms with Gasteiger partial charge < -0.3 is 5.73 Å². The van der Waals surface area contributed by atoms with Gasteiger partial charge in [0.25, 0.3) is 5.91 Å². The SMILES string of the molecule is CCCCS(=O)(=O)NC(=O)[C@@H](N)[C@@H](C)CC. The van der Waals surface area contributed by atoms with Gasteiger partial charge in [-0.2, -0.15) is 0 Å². The molecule has 0 heterocycles. The average Bonchev–Trinajstić information content (AvgIpc) is 2.23. The minimum atomic E-state index is -3.51. The largest absolute Gasteiger partial charge is 0.320 e. The molecule has 16 heavy (non-hydrogen) atoms. The Labute approximate surface area is 97.8 Å². The lowest BCUT2D eigenvalue weighted by Gasteiger charge is -2.17. The molecule has 5 nitrogen and oxygen atoms in total. The van der Waals surface area contributed by atoms with Gasteiger partial charge >= 0.3 is 0 Å². The zero-order valence-electron chi connectivity index (χ0n) is 10.2. The number of unbranched alkanes of at least 4 members (excludes halogenated alkanes) is 1. The van der Waals surface area contributed by atoms with Crippen LogP contribution in [0.1, 0.15) is 40.0 Å². The molecule has 0 bridgehead atoms. The van der Waals surface area contributed by atoms with Gasteiger partial charge in [-0.25, -0.2) is 8.42 Å². The molecule has 0 saturated heterocycles. The number of nitrogens with one attached hydrogen (secondary N) is 1. The summed E-state index contributed by atoms with van der Waals surface area (Å²) in [7, 11) is -3.51. The quantitative estimate of drug-likeness (QED) is 0.692. The van der Waals surface area contributed by atoms with Crippen molar-refractivity contribution in [2.75, 3.05) is 5.75 Å². The number of hydrogen-bond acceptors (Lipinski definition) is 4. The highest BCUT2D eigenvalue weighted by molar-refractivity contribution is 7.90. The maximum atomic E-state index is 11.5. The van der Waals surface area contributed by atoms with Gasteiger partial charge in [0.05, 0.1) is 11.8 Å². The second-order valence-corrected chi connectivity index (χ2v) is 5.89. The summed E-state index contributed by atoms with van der Waals surface area (Å²) in [6.45, 7) is 5.62. The molecule has 0 unspecified atom stereocenters. The van der Waals surface area contributed by atoms with E-state index >= 15 is 0 Å². The van der Waals surface area contributed by atoms with Crippen LogP contribution in [0.15, 0.2) is 0 Å². The van der Waals surface area contributed by atoms with E-state index < -0.39 is 22.0 Å². The molecule has 0 fully saturated rings. The number of hydrogen-bond donors (Lipinski definition) is 2. The van der Waals surface area contributed by atoms with Crippen LogP contribution in [-0.4, -0.2) is 26.1 Å². The van der Waals surface area contributed by atoms with Crippen LogP contribution >= 0.6 is 0 Å². The summed E-state index contributed by atoms with van der Waals surface area (Å²) < 4.78 is 24.9. The molecule has 0 aliphatic carbocycles. The summed E-state index contributed by atoms with van der Waals surface area (Å²) in [5.41, 5.74) is 5.63. The van der Waals surface area contributed by atoms with Gasteiger partial charge in [0.15, 0.2) is 0 Å². The summed E-state index contributed by atoms with van der Waals surface area (Å²) >= 11 is 0. The number of carbonyl (C=O) groups is 1. The van der Waals surface area contributed by atoms with Crippen molar-refractivity contribution in [2.24, 2.45) is 11.7 Å². The average molecular weight is 250 g/mol. The normalized spacial score (nSPS) is 15.5. The highest BCUT2D eigenvalue weighted by Crippen LogP contribution is 2.05. The van der Waals surface area contributed by atoms with Crippen molar-refractivity contribution in [3.8, 4) is 0 Å². The van der Waals surface area contributed by atoms with Gasteiger partial charge in [0.1, 0.15) is 0 Å². The van der Waals surface area contributed by atoms with Crippen LogP contribution in [0.4, 0.5) is 0 Å². The molecule has 0 aliphatic rings. The van der Waals surface area contributed by atoms with E-state index in [2.05, 4.69) is 0 Å². The lowest BCUT2D eigenvalue weighted by atomic mass is 10.00. The lowest BCUT2D eigenvalue weighted by molar-refractivity contribution is -0.121. The van der Waals surface area contributed by atoms with E-state index in [1.165, 1.54) is 0 Å². The minimum absolute atomic E-state index is 0.0253. The van der Waals surface area contributed by atoms with Crippen LogP contribution in [-0.2, 0) is 14.8 Å². The van der Waals surface area contributed by atoms with Crippen molar-refractivity contribution < 1.29 is 13.2 Å². The van der Waals surface area contributed by atoms with Gasteiger partial charge in [-0.1, -0.05) is 33.6 Å². The first-order chi connectivity index (χ1) is 7.34. The number of amides is 1. The zero-order valence-corrected chi connectivity index (χ0v) is 11.0. The van der Waals surface area contributed by atoms with E-state index in [-0.39, 0.29) is 11.7 Å². The Balaban J connectivity index is 4.33. The molecule has 1 amide bonds. The van der Waals surface area contributed by atoms with Crippen molar-refractivity contribution in [1.29, 1.82) is 0 Å². The molecule has 96 valence electrons. The number of rotatable bonds is 7. The van der Waals surface area contributed by atoms with Crippen molar-refractivity contribution in [1.82, 2.24) is 4.72 Å². The minimum Gasteiger partial charge on any atom is -0.320 e. The molecule has 0 rings (SSSR count). The predicted molar refractivity (Wildman–Crippen MR) is 64.3 cm³/mol. The predicted octanol–water partition coefficient (Wildman–Crippen LogP) is 0.606. The van der Waals surface area contributed by atoms with Crippen molar-refractivity contribution >= 4 is 15.9 Å². The molecule has 0 radical (unpaired) electrons. The summed E-state index contributed by atoms with van der Waals surface area (Å²) in [6, 6.07) is -0.763. The fourth-order valence-electron chi connectivity index (χ4n) is 1.12. The highest BCUT2D eigenvalue weighted by Gasteiger charge is 2.23. The van der Waals surface area contributed by atoms with Gasteiger partial charge in [0, 0.05) is 0 Å². The Morgan fingerprint density at radius 1 is 1.38 bits per heavy atom. The Hall–Kier alpha value is -0.620. The van der Waals surface area contributed by atoms with Crippen molar-refractivity contribution in [2.45, 2.75) is 46.1 Å². The molecule has 2 atom stereocenters. The smallest absolute Gasteiger partial charge is 0.250 e. The third-order valence-corrected chi connectivity index (χ3v) is 3.92. The highest BCUT2D eigenvalue weighted by atomic mass is 32.2. The number of nitrogens with two attached hydrogens (primary N) is 1. The first-order valence-corrected chi connectivity index (χ1v) is 7.29. The maximum Gasteiger partial charge on any atom is 0.250 e. The third kappa shape index (κ3) is 5.46. The van der Waals surface area contributed by atoms with E-state index in [1.807, 2.05) is 25.5 Å². The molecule has 0 saturated carbocycles. The topological polar surface area (TPSA) is 89.3 Å². The first kappa shape index (κ1) is 15.4. The second-order valence-electron chi connectivity index (χ2n) is 4.05. The standard InChI is InChI=1S/C10H22N2O3S/c1-4-6-7-16(14,15)12-10(13)9(11)8(3)5-2/h8-9H,4-7,11H2,1-3H3,(H,12,13)/t8-,9-/m0/s1. The van der Waals surface area contributed by atoms with E-state index in [9.17, 15) is 13.2 Å². The van der Waals surface area contributed by atoms with E-state index in [0.717, 1.165) is 12.8 Å². The maximum absolute atomic E-state index is 11.5. The van der Waals surface area contributed by atoms with Crippen LogP contribution in [0.2, 0.25) is 0 Å². The Morgan fingerprint density at radius 3 is 2.38 bits per heavy atom. The Kier molecular flexibility index (Phi) is 6.59. The number of sulfonamides is 1. The molecule has 0 spiro atoms. The molecule has 0 aromatic rings. The summed E-state index contributed by atoms with van der Waals surface area (Å²) in [4.78, 5) is 11.5. The van der Waals surface area contributed by atoms with Crippen LogP contribution < -0.4 is 10.5 Å². The summed E-state index contributed by atoms with van der Waals surface area (Å²) in [5.74, 6) is -0.658. The summed E-state index contributed by atoms with van der Waals surface area (Å²) in [5, 5.41) is 0. The molecule has 0 aliphatic heterocycles. The molecule has 3 N–H and O–H groups in total. The Bertz CT molecular complexity index is 314. The van der Waals surface area contributed by atoms with Gasteiger partial charge in [-0.05, 0) is 12.3 Å². The van der Waals surface area contributed by atoms with Crippen LogP contribution in [0.25, 0.3) is 0 Å². The fourth-order valence-corrected chi connectivity index (χ4v) is 2.33. The lowest BCUT2D eigenvalue weighted by Crippen LogP contribution is -2.47. The molecule has 0 aromatic heterocycles. The van der Waals surface area contributed by atoms with Gasteiger partial charge in [-0.3, -0.25) is 9.52 Å². The molecular formula is C10H22N2O3S. The van der Waals surface area contributed by atoms with Gasteiger partial charge in [0.2, 0.25) is 10.0 Å². The number of carbonyl (C=O) groups excluding carboxylic acids is 1. The second kappa shape index (κ2) is 6.85. The van der Waals surface area contributed by atoms with Crippen LogP contribution in [0.3, 0.4) is 0 Å². The fraction of sp³-hybridized carbons (Fsp3) is 0.900. The van der Waals surface area contributed by atoms with Crippen molar-refractivity contribution in [3.63, 3.8) is 0 Å². The van der Waals surface area contributed by atoms with Crippen LogP contribution in [0.5, 0.6) is 0 Å². The first-order valence-electron chi connectivity index (χ1n) is 5.64. The monoisotopic (exact) mass is 250 g/mol. The molecule has 0 aromatic carbocycles. The van der Waals surface area contributed by atoms with Gasteiger partial charge in [-0.15, -0.1) is 0 Å². The molecular weight excluding hydrogens is 228 g/mol. The van der Waals surface area contributed by atoms with E-state index in [4.69, 9.17) is 5.73 Å². The van der Waals surface area contributed by atoms with E-state index in [0.29, 0.717) is 6.42 Å². The van der Waals surface area contributed by atoms with E-state index in [1.54, 1.807) is 0 Å².